The van der Waals surface area contributed by atoms with Crippen molar-refractivity contribution in [2.75, 3.05) is 20.2 Å². The molecule has 5 rings (SSSR count). The fourth-order valence-corrected chi connectivity index (χ4v) is 5.00. The standard InChI is InChI=1S/C21H26N6O2/c1-29-18-3-4-19(26-6-2-5-23-26)17(7-18)12-25-10-15-8-20(27-14-22-13-24-27)21(28)9-16(15)11-25/h2-7,13-16,20-21,28H,8-12H2,1H3/t15-,16+,20-,21-/m1/s1. The Morgan fingerprint density at radius 3 is 2.76 bits per heavy atom. The molecule has 0 amide bonds. The zero-order valence-electron chi connectivity index (χ0n) is 16.5. The van der Waals surface area contributed by atoms with E-state index in [1.807, 2.05) is 27.7 Å². The van der Waals surface area contributed by atoms with Crippen LogP contribution in [-0.2, 0) is 6.54 Å². The summed E-state index contributed by atoms with van der Waals surface area (Å²) in [5, 5.41) is 19.3. The van der Waals surface area contributed by atoms with Gasteiger partial charge in [0.25, 0.3) is 0 Å². The van der Waals surface area contributed by atoms with Gasteiger partial charge in [0.05, 0.1) is 24.9 Å². The van der Waals surface area contributed by atoms with Gasteiger partial charge in [-0.15, -0.1) is 0 Å². The Hall–Kier alpha value is -2.71. The molecule has 0 bridgehead atoms. The Kier molecular flexibility index (Phi) is 4.81. The van der Waals surface area contributed by atoms with Crippen LogP contribution in [0.25, 0.3) is 5.69 Å². The minimum atomic E-state index is -0.366. The molecule has 2 aromatic heterocycles. The van der Waals surface area contributed by atoms with Gasteiger partial charge in [0, 0.05) is 32.0 Å². The normalized spacial score (nSPS) is 27.1. The van der Waals surface area contributed by atoms with E-state index in [4.69, 9.17) is 4.74 Å². The molecule has 29 heavy (non-hydrogen) atoms. The highest BCUT2D eigenvalue weighted by molar-refractivity contribution is 5.45. The zero-order chi connectivity index (χ0) is 19.8. The number of rotatable bonds is 5. The quantitative estimate of drug-likeness (QED) is 0.712. The average Bonchev–Trinajstić information content (AvgIpc) is 3.48. The van der Waals surface area contributed by atoms with Gasteiger partial charge in [-0.1, -0.05) is 0 Å². The lowest BCUT2D eigenvalue weighted by molar-refractivity contribution is 0.0304. The van der Waals surface area contributed by atoms with Crippen LogP contribution in [0.15, 0.2) is 49.3 Å². The number of aliphatic hydroxyl groups excluding tert-OH is 1. The Balaban J connectivity index is 1.34. The molecule has 3 heterocycles. The summed E-state index contributed by atoms with van der Waals surface area (Å²) in [5.74, 6) is 1.93. The van der Waals surface area contributed by atoms with Crippen LogP contribution in [0.2, 0.25) is 0 Å². The van der Waals surface area contributed by atoms with E-state index in [0.29, 0.717) is 11.8 Å². The van der Waals surface area contributed by atoms with E-state index in [1.165, 1.54) is 5.56 Å². The maximum absolute atomic E-state index is 10.7. The molecular weight excluding hydrogens is 368 g/mol. The van der Waals surface area contributed by atoms with Crippen LogP contribution < -0.4 is 4.74 Å². The van der Waals surface area contributed by atoms with Gasteiger partial charge in [0.15, 0.2) is 0 Å². The number of likely N-dealkylation sites (tertiary alicyclic amines) is 1. The maximum Gasteiger partial charge on any atom is 0.137 e. The third-order valence-corrected chi connectivity index (χ3v) is 6.39. The molecule has 3 aromatic rings. The highest BCUT2D eigenvalue weighted by Gasteiger charge is 2.42. The van der Waals surface area contributed by atoms with Crippen LogP contribution >= 0.6 is 0 Å². The third kappa shape index (κ3) is 3.54. The van der Waals surface area contributed by atoms with Crippen molar-refractivity contribution in [2.24, 2.45) is 11.8 Å². The van der Waals surface area contributed by atoms with Gasteiger partial charge in [-0.05, 0) is 54.5 Å². The molecule has 1 N–H and O–H groups in total. The minimum Gasteiger partial charge on any atom is -0.497 e. The van der Waals surface area contributed by atoms with Crippen molar-refractivity contribution in [2.45, 2.75) is 31.5 Å². The second-order valence-electron chi connectivity index (χ2n) is 8.14. The Bertz CT molecular complexity index is 942. The van der Waals surface area contributed by atoms with Crippen LogP contribution in [0.1, 0.15) is 24.4 Å². The number of fused-ring (bicyclic) bond motifs is 1. The first-order valence-electron chi connectivity index (χ1n) is 10.1. The van der Waals surface area contributed by atoms with Crippen molar-refractivity contribution < 1.29 is 9.84 Å². The summed E-state index contributed by atoms with van der Waals surface area (Å²) in [5.41, 5.74) is 2.27. The average molecular weight is 394 g/mol. The maximum atomic E-state index is 10.7. The van der Waals surface area contributed by atoms with E-state index in [2.05, 4.69) is 32.2 Å². The van der Waals surface area contributed by atoms with Crippen LogP contribution in [0.4, 0.5) is 0 Å². The summed E-state index contributed by atoms with van der Waals surface area (Å²) in [6.07, 6.45) is 8.41. The lowest BCUT2D eigenvalue weighted by Gasteiger charge is -2.35. The second kappa shape index (κ2) is 7.61. The smallest absolute Gasteiger partial charge is 0.137 e. The third-order valence-electron chi connectivity index (χ3n) is 6.39. The first kappa shape index (κ1) is 18.3. The lowest BCUT2D eigenvalue weighted by atomic mass is 9.77. The summed E-state index contributed by atoms with van der Waals surface area (Å²) >= 11 is 0. The van der Waals surface area contributed by atoms with Gasteiger partial charge in [0.2, 0.25) is 0 Å². The molecule has 0 unspecified atom stereocenters. The highest BCUT2D eigenvalue weighted by atomic mass is 16.5. The van der Waals surface area contributed by atoms with Gasteiger partial charge in [-0.2, -0.15) is 10.2 Å². The van der Waals surface area contributed by atoms with Crippen LogP contribution in [0.3, 0.4) is 0 Å². The molecule has 0 radical (unpaired) electrons. The minimum absolute atomic E-state index is 0.0233. The molecular formula is C21H26N6O2. The molecule has 2 aliphatic rings. The molecule has 1 aliphatic heterocycles. The molecule has 8 heteroatoms. The SMILES string of the molecule is COc1ccc(-n2cccn2)c(CN2C[C@H]3C[C@@H](n4cncn4)[C@H](O)C[C@H]3C2)c1. The van der Waals surface area contributed by atoms with E-state index >= 15 is 0 Å². The fraction of sp³-hybridized carbons (Fsp3) is 0.476. The Morgan fingerprint density at radius 2 is 2.03 bits per heavy atom. The fourth-order valence-electron chi connectivity index (χ4n) is 5.00. The second-order valence-corrected chi connectivity index (χ2v) is 8.14. The van der Waals surface area contributed by atoms with Gasteiger partial charge in [0.1, 0.15) is 18.4 Å². The topological polar surface area (TPSA) is 81.2 Å². The number of benzene rings is 1. The van der Waals surface area contributed by atoms with Crippen LogP contribution in [0, 0.1) is 11.8 Å². The molecule has 0 spiro atoms. The molecule has 152 valence electrons. The van der Waals surface area contributed by atoms with Crippen molar-refractivity contribution in [3.8, 4) is 11.4 Å². The number of hydrogen-bond acceptors (Lipinski definition) is 6. The van der Waals surface area contributed by atoms with Crippen molar-refractivity contribution in [1.29, 1.82) is 0 Å². The Labute approximate surface area is 169 Å². The number of hydrogen-bond donors (Lipinski definition) is 1. The predicted molar refractivity (Wildman–Crippen MR) is 107 cm³/mol. The van der Waals surface area contributed by atoms with Crippen LogP contribution in [-0.4, -0.2) is 60.9 Å². The number of aliphatic hydroxyl groups is 1. The monoisotopic (exact) mass is 394 g/mol. The molecule has 1 aliphatic carbocycles. The number of aromatic nitrogens is 5. The summed E-state index contributed by atoms with van der Waals surface area (Å²) in [7, 11) is 1.70. The summed E-state index contributed by atoms with van der Waals surface area (Å²) < 4.78 is 9.18. The molecule has 1 saturated carbocycles. The van der Waals surface area contributed by atoms with Gasteiger partial charge in [-0.3, -0.25) is 4.90 Å². The molecule has 8 nitrogen and oxygen atoms in total. The largest absolute Gasteiger partial charge is 0.497 e. The van der Waals surface area contributed by atoms with Crippen molar-refractivity contribution in [1.82, 2.24) is 29.4 Å². The first-order chi connectivity index (χ1) is 14.2. The van der Waals surface area contributed by atoms with Crippen molar-refractivity contribution >= 4 is 0 Å². The van der Waals surface area contributed by atoms with Gasteiger partial charge < -0.3 is 9.84 Å². The van der Waals surface area contributed by atoms with E-state index in [9.17, 15) is 5.11 Å². The summed E-state index contributed by atoms with van der Waals surface area (Å²) in [6.45, 7) is 2.86. The molecule has 2 fully saturated rings. The zero-order valence-corrected chi connectivity index (χ0v) is 16.5. The highest BCUT2D eigenvalue weighted by Crippen LogP contribution is 2.41. The van der Waals surface area contributed by atoms with Crippen molar-refractivity contribution in [3.63, 3.8) is 0 Å². The van der Waals surface area contributed by atoms with E-state index in [0.717, 1.165) is 43.9 Å². The van der Waals surface area contributed by atoms with Gasteiger partial charge in [-0.25, -0.2) is 14.3 Å². The van der Waals surface area contributed by atoms with E-state index in [1.54, 1.807) is 26.0 Å². The summed E-state index contributed by atoms with van der Waals surface area (Å²) in [6, 6.07) is 8.10. The van der Waals surface area contributed by atoms with Crippen LogP contribution in [0.5, 0.6) is 5.75 Å². The van der Waals surface area contributed by atoms with E-state index in [-0.39, 0.29) is 12.1 Å². The molecule has 1 saturated heterocycles. The van der Waals surface area contributed by atoms with E-state index < -0.39 is 0 Å². The Morgan fingerprint density at radius 1 is 1.17 bits per heavy atom. The number of nitrogens with zero attached hydrogens (tertiary/aromatic N) is 6. The first-order valence-corrected chi connectivity index (χ1v) is 10.1. The molecule has 1 aromatic carbocycles. The lowest BCUT2D eigenvalue weighted by Crippen LogP contribution is -2.36. The molecule has 4 atom stereocenters. The number of methoxy groups -OCH3 is 1. The van der Waals surface area contributed by atoms with Gasteiger partial charge >= 0.3 is 0 Å². The summed E-state index contributed by atoms with van der Waals surface area (Å²) in [4.78, 5) is 6.54. The predicted octanol–water partition coefficient (Wildman–Crippen LogP) is 1.92. The number of ether oxygens (including phenoxy) is 1. The van der Waals surface area contributed by atoms with Crippen molar-refractivity contribution in [3.05, 3.63) is 54.9 Å².